The highest BCUT2D eigenvalue weighted by Gasteiger charge is 2.41. The first kappa shape index (κ1) is 14.7. The van der Waals surface area contributed by atoms with Gasteiger partial charge in [-0.25, -0.2) is 0 Å². The summed E-state index contributed by atoms with van der Waals surface area (Å²) in [6, 6.07) is 2.33. The standard InChI is InChI=1S/C14H27NOSi/c1-14(2,3)17(4,5)16-13-9-7-6-8-12(13)10-11-15/h12-13H,6-10H2,1-5H3. The van der Waals surface area contributed by atoms with Crippen LogP contribution in [0.3, 0.4) is 0 Å². The van der Waals surface area contributed by atoms with Crippen LogP contribution in [0.15, 0.2) is 0 Å². The Morgan fingerprint density at radius 2 is 1.82 bits per heavy atom. The normalized spacial score (nSPS) is 26.6. The van der Waals surface area contributed by atoms with Crippen LogP contribution in [-0.2, 0) is 4.43 Å². The quantitative estimate of drug-likeness (QED) is 0.695. The molecule has 98 valence electrons. The molecule has 0 aliphatic heterocycles. The van der Waals surface area contributed by atoms with Gasteiger partial charge >= 0.3 is 0 Å². The molecule has 17 heavy (non-hydrogen) atoms. The van der Waals surface area contributed by atoms with Crippen molar-refractivity contribution < 1.29 is 4.43 Å². The second-order valence-corrected chi connectivity index (χ2v) is 11.6. The number of rotatable bonds is 3. The largest absolute Gasteiger partial charge is 0.414 e. The van der Waals surface area contributed by atoms with Crippen LogP contribution in [0, 0.1) is 17.2 Å². The van der Waals surface area contributed by atoms with Gasteiger partial charge in [-0.15, -0.1) is 0 Å². The summed E-state index contributed by atoms with van der Waals surface area (Å²) in [5.41, 5.74) is 0. The van der Waals surface area contributed by atoms with Crippen molar-refractivity contribution >= 4 is 8.32 Å². The SMILES string of the molecule is CC(C)(C)[Si](C)(C)OC1CCCCC1CC#N. The van der Waals surface area contributed by atoms with Crippen molar-refractivity contribution in [3.8, 4) is 6.07 Å². The molecule has 2 nitrogen and oxygen atoms in total. The van der Waals surface area contributed by atoms with E-state index in [9.17, 15) is 0 Å². The lowest BCUT2D eigenvalue weighted by Gasteiger charge is -2.42. The smallest absolute Gasteiger partial charge is 0.192 e. The van der Waals surface area contributed by atoms with Gasteiger partial charge in [-0.05, 0) is 36.9 Å². The summed E-state index contributed by atoms with van der Waals surface area (Å²) in [5.74, 6) is 0.475. The number of nitrogens with zero attached hydrogens (tertiary/aromatic N) is 1. The highest BCUT2D eigenvalue weighted by molar-refractivity contribution is 6.74. The average Bonchev–Trinajstić information content (AvgIpc) is 2.19. The molecular formula is C14H27NOSi. The lowest BCUT2D eigenvalue weighted by Crippen LogP contribution is -2.46. The van der Waals surface area contributed by atoms with Crippen molar-refractivity contribution in [2.75, 3.05) is 0 Å². The molecule has 0 N–H and O–H groups in total. The van der Waals surface area contributed by atoms with Crippen LogP contribution in [0.4, 0.5) is 0 Å². The van der Waals surface area contributed by atoms with Gasteiger partial charge in [0, 0.05) is 12.5 Å². The average molecular weight is 253 g/mol. The molecule has 0 heterocycles. The van der Waals surface area contributed by atoms with E-state index in [2.05, 4.69) is 39.9 Å². The molecule has 0 aromatic rings. The number of hydrogen-bond donors (Lipinski definition) is 0. The second-order valence-electron chi connectivity index (χ2n) is 6.82. The topological polar surface area (TPSA) is 33.0 Å². The van der Waals surface area contributed by atoms with E-state index in [4.69, 9.17) is 9.69 Å². The lowest BCUT2D eigenvalue weighted by atomic mass is 9.85. The van der Waals surface area contributed by atoms with Crippen LogP contribution in [0.5, 0.6) is 0 Å². The molecule has 1 fully saturated rings. The summed E-state index contributed by atoms with van der Waals surface area (Å²) in [5, 5.41) is 9.17. The zero-order valence-electron chi connectivity index (χ0n) is 12.0. The maximum atomic E-state index is 8.90. The fourth-order valence-corrected chi connectivity index (χ4v) is 3.66. The second kappa shape index (κ2) is 5.54. The van der Waals surface area contributed by atoms with Gasteiger partial charge in [-0.1, -0.05) is 33.6 Å². The van der Waals surface area contributed by atoms with E-state index in [1.165, 1.54) is 19.3 Å². The zero-order valence-corrected chi connectivity index (χ0v) is 13.0. The molecule has 1 aliphatic carbocycles. The molecule has 1 saturated carbocycles. The molecule has 0 amide bonds. The van der Waals surface area contributed by atoms with Gasteiger partial charge in [0.25, 0.3) is 0 Å². The van der Waals surface area contributed by atoms with Gasteiger partial charge in [0.15, 0.2) is 8.32 Å². The van der Waals surface area contributed by atoms with Crippen LogP contribution < -0.4 is 0 Å². The van der Waals surface area contributed by atoms with Gasteiger partial charge in [0.1, 0.15) is 0 Å². The molecule has 0 spiro atoms. The maximum Gasteiger partial charge on any atom is 0.192 e. The summed E-state index contributed by atoms with van der Waals surface area (Å²) in [6.07, 6.45) is 5.86. The van der Waals surface area contributed by atoms with Crippen molar-refractivity contribution in [2.45, 2.75) is 77.1 Å². The zero-order chi connectivity index (χ0) is 13.1. The van der Waals surface area contributed by atoms with Gasteiger partial charge in [0.2, 0.25) is 0 Å². The van der Waals surface area contributed by atoms with E-state index in [-0.39, 0.29) is 5.04 Å². The van der Waals surface area contributed by atoms with Gasteiger partial charge in [-0.3, -0.25) is 0 Å². The van der Waals surface area contributed by atoms with Gasteiger partial charge in [-0.2, -0.15) is 5.26 Å². The summed E-state index contributed by atoms with van der Waals surface area (Å²) < 4.78 is 6.50. The number of nitriles is 1. The lowest BCUT2D eigenvalue weighted by molar-refractivity contribution is 0.0813. The molecule has 1 rings (SSSR count). The van der Waals surface area contributed by atoms with E-state index in [1.54, 1.807) is 0 Å². The van der Waals surface area contributed by atoms with E-state index in [1.807, 2.05) is 0 Å². The van der Waals surface area contributed by atoms with Crippen molar-refractivity contribution in [2.24, 2.45) is 5.92 Å². The Morgan fingerprint density at radius 3 is 2.35 bits per heavy atom. The number of hydrogen-bond acceptors (Lipinski definition) is 2. The minimum atomic E-state index is -1.67. The third-order valence-electron chi connectivity index (χ3n) is 4.45. The van der Waals surface area contributed by atoms with Crippen LogP contribution in [-0.4, -0.2) is 14.4 Å². The molecule has 2 unspecified atom stereocenters. The molecule has 0 aromatic carbocycles. The van der Waals surface area contributed by atoms with Crippen LogP contribution in [0.25, 0.3) is 0 Å². The molecule has 0 aromatic heterocycles. The molecule has 2 atom stereocenters. The predicted octanol–water partition coefficient (Wildman–Crippen LogP) is 4.48. The molecule has 3 heteroatoms. The van der Waals surface area contributed by atoms with Crippen molar-refractivity contribution in [3.05, 3.63) is 0 Å². The first-order valence-electron chi connectivity index (χ1n) is 6.83. The van der Waals surface area contributed by atoms with Crippen LogP contribution in [0.2, 0.25) is 18.1 Å². The van der Waals surface area contributed by atoms with Crippen LogP contribution in [0.1, 0.15) is 52.9 Å². The Balaban J connectivity index is 2.68. The summed E-state index contributed by atoms with van der Waals surface area (Å²) in [4.78, 5) is 0. The third-order valence-corrected chi connectivity index (χ3v) is 8.95. The van der Waals surface area contributed by atoms with Gasteiger partial charge < -0.3 is 4.43 Å². The van der Waals surface area contributed by atoms with E-state index < -0.39 is 8.32 Å². The Labute approximate surface area is 107 Å². The van der Waals surface area contributed by atoms with E-state index >= 15 is 0 Å². The summed E-state index contributed by atoms with van der Waals surface area (Å²) >= 11 is 0. The first-order chi connectivity index (χ1) is 7.78. The molecule has 0 saturated heterocycles. The Hall–Kier alpha value is -0.333. The molecular weight excluding hydrogens is 226 g/mol. The Bertz CT molecular complexity index is 288. The Kier molecular flexibility index (Phi) is 4.80. The first-order valence-corrected chi connectivity index (χ1v) is 9.73. The van der Waals surface area contributed by atoms with E-state index in [0.717, 1.165) is 6.42 Å². The minimum absolute atomic E-state index is 0.266. The maximum absolute atomic E-state index is 8.90. The van der Waals surface area contributed by atoms with Gasteiger partial charge in [0.05, 0.1) is 6.07 Å². The fourth-order valence-electron chi connectivity index (χ4n) is 2.23. The molecule has 1 aliphatic rings. The van der Waals surface area contributed by atoms with Crippen molar-refractivity contribution in [1.29, 1.82) is 5.26 Å². The monoisotopic (exact) mass is 253 g/mol. The highest BCUT2D eigenvalue weighted by Crippen LogP contribution is 2.40. The summed E-state index contributed by atoms with van der Waals surface area (Å²) in [6.45, 7) is 11.5. The molecule has 0 bridgehead atoms. The Morgan fingerprint density at radius 1 is 1.24 bits per heavy atom. The van der Waals surface area contributed by atoms with E-state index in [0.29, 0.717) is 18.4 Å². The van der Waals surface area contributed by atoms with Crippen molar-refractivity contribution in [1.82, 2.24) is 0 Å². The summed E-state index contributed by atoms with van der Waals surface area (Å²) in [7, 11) is -1.67. The fraction of sp³-hybridized carbons (Fsp3) is 0.929. The predicted molar refractivity (Wildman–Crippen MR) is 74.3 cm³/mol. The highest BCUT2D eigenvalue weighted by atomic mass is 28.4. The van der Waals surface area contributed by atoms with Crippen molar-refractivity contribution in [3.63, 3.8) is 0 Å². The minimum Gasteiger partial charge on any atom is -0.414 e. The third kappa shape index (κ3) is 3.82. The van der Waals surface area contributed by atoms with Crippen LogP contribution >= 0.6 is 0 Å². The molecule has 0 radical (unpaired) electrons.